The van der Waals surface area contributed by atoms with Crippen LogP contribution in [0.15, 0.2) is 42.5 Å². The van der Waals surface area contributed by atoms with Crippen molar-refractivity contribution in [3.8, 4) is 16.3 Å². The number of aromatic hydroxyl groups is 1. The SMILES string of the molecule is CC1CC=Cc2cc(-c3nc4ccccc4s3)c(O)cc21. The highest BCUT2D eigenvalue weighted by Gasteiger charge is 2.18. The monoisotopic (exact) mass is 293 g/mol. The lowest BCUT2D eigenvalue weighted by molar-refractivity contribution is 0.475. The number of thiazole rings is 1. The van der Waals surface area contributed by atoms with Gasteiger partial charge in [-0.2, -0.15) is 0 Å². The molecule has 0 radical (unpaired) electrons. The maximum Gasteiger partial charge on any atom is 0.128 e. The van der Waals surface area contributed by atoms with Gasteiger partial charge in [0.25, 0.3) is 0 Å². The van der Waals surface area contributed by atoms with E-state index in [0.717, 1.165) is 27.2 Å². The smallest absolute Gasteiger partial charge is 0.128 e. The molecule has 1 aromatic heterocycles. The Hall–Kier alpha value is -2.13. The van der Waals surface area contributed by atoms with Gasteiger partial charge in [-0.1, -0.05) is 31.2 Å². The molecule has 21 heavy (non-hydrogen) atoms. The molecule has 0 amide bonds. The van der Waals surface area contributed by atoms with E-state index in [1.807, 2.05) is 24.3 Å². The van der Waals surface area contributed by atoms with Crippen molar-refractivity contribution in [1.29, 1.82) is 0 Å². The van der Waals surface area contributed by atoms with Crippen molar-refractivity contribution in [2.75, 3.05) is 0 Å². The first-order chi connectivity index (χ1) is 10.2. The van der Waals surface area contributed by atoms with Crippen LogP contribution in [0.3, 0.4) is 0 Å². The Bertz CT molecular complexity index is 830. The fraction of sp³-hybridized carbons (Fsp3) is 0.167. The Morgan fingerprint density at radius 2 is 2.10 bits per heavy atom. The Balaban J connectivity index is 1.91. The maximum absolute atomic E-state index is 10.4. The summed E-state index contributed by atoms with van der Waals surface area (Å²) in [7, 11) is 0. The fourth-order valence-electron chi connectivity index (χ4n) is 2.88. The predicted molar refractivity (Wildman–Crippen MR) is 88.8 cm³/mol. The van der Waals surface area contributed by atoms with Gasteiger partial charge in [-0.25, -0.2) is 4.98 Å². The van der Waals surface area contributed by atoms with E-state index in [2.05, 4.69) is 36.2 Å². The second kappa shape index (κ2) is 4.71. The molecule has 3 heteroatoms. The van der Waals surface area contributed by atoms with E-state index in [0.29, 0.717) is 11.7 Å². The van der Waals surface area contributed by atoms with Gasteiger partial charge in [0, 0.05) is 0 Å². The van der Waals surface area contributed by atoms with Crippen LogP contribution in [0, 0.1) is 0 Å². The summed E-state index contributed by atoms with van der Waals surface area (Å²) in [5, 5.41) is 11.3. The number of hydrogen-bond donors (Lipinski definition) is 1. The number of rotatable bonds is 1. The third-order valence-electron chi connectivity index (χ3n) is 4.04. The molecule has 0 bridgehead atoms. The number of fused-ring (bicyclic) bond motifs is 2. The largest absolute Gasteiger partial charge is 0.507 e. The number of nitrogens with zero attached hydrogens (tertiary/aromatic N) is 1. The average molecular weight is 293 g/mol. The van der Waals surface area contributed by atoms with Gasteiger partial charge in [0.15, 0.2) is 0 Å². The first-order valence-corrected chi connectivity index (χ1v) is 7.93. The summed E-state index contributed by atoms with van der Waals surface area (Å²) in [6.45, 7) is 2.19. The van der Waals surface area contributed by atoms with Crippen LogP contribution in [-0.2, 0) is 0 Å². The lowest BCUT2D eigenvalue weighted by Gasteiger charge is -2.19. The van der Waals surface area contributed by atoms with Crippen LogP contribution < -0.4 is 0 Å². The zero-order chi connectivity index (χ0) is 14.4. The quantitative estimate of drug-likeness (QED) is 0.670. The molecule has 2 aromatic carbocycles. The molecule has 0 saturated carbocycles. The minimum atomic E-state index is 0.329. The van der Waals surface area contributed by atoms with Gasteiger partial charge in [-0.3, -0.25) is 0 Å². The van der Waals surface area contributed by atoms with Gasteiger partial charge in [0.05, 0.1) is 15.8 Å². The predicted octanol–water partition coefficient (Wildman–Crippen LogP) is 5.19. The molecule has 0 fully saturated rings. The molecule has 0 aliphatic heterocycles. The van der Waals surface area contributed by atoms with E-state index in [4.69, 9.17) is 0 Å². The number of allylic oxidation sites excluding steroid dienone is 1. The minimum absolute atomic E-state index is 0.329. The lowest BCUT2D eigenvalue weighted by Crippen LogP contribution is -2.00. The van der Waals surface area contributed by atoms with Gasteiger partial charge >= 0.3 is 0 Å². The van der Waals surface area contributed by atoms with Crippen molar-refractivity contribution in [2.45, 2.75) is 19.3 Å². The van der Waals surface area contributed by atoms with Crippen LogP contribution in [0.1, 0.15) is 30.4 Å². The van der Waals surface area contributed by atoms with Gasteiger partial charge in [0.2, 0.25) is 0 Å². The number of phenolic OH excluding ortho intramolecular Hbond substituents is 1. The van der Waals surface area contributed by atoms with E-state index >= 15 is 0 Å². The van der Waals surface area contributed by atoms with Gasteiger partial charge in [0.1, 0.15) is 10.8 Å². The van der Waals surface area contributed by atoms with Crippen molar-refractivity contribution in [1.82, 2.24) is 4.98 Å². The fourth-order valence-corrected chi connectivity index (χ4v) is 3.87. The average Bonchev–Trinajstić information content (AvgIpc) is 2.91. The summed E-state index contributed by atoms with van der Waals surface area (Å²) in [5.74, 6) is 0.787. The number of aromatic nitrogens is 1. The zero-order valence-electron chi connectivity index (χ0n) is 11.7. The topological polar surface area (TPSA) is 33.1 Å². The Kier molecular flexibility index (Phi) is 2.82. The molecule has 4 rings (SSSR count). The molecular formula is C18H15NOS. The molecule has 1 heterocycles. The molecule has 104 valence electrons. The van der Waals surface area contributed by atoms with Crippen molar-refractivity contribution in [3.63, 3.8) is 0 Å². The highest BCUT2D eigenvalue weighted by atomic mass is 32.1. The molecular weight excluding hydrogens is 278 g/mol. The standard InChI is InChI=1S/C18H15NOS/c1-11-5-4-6-12-9-14(16(20)10-13(11)12)18-19-15-7-2-3-8-17(15)21-18/h2-4,6-11,20H,5H2,1H3. The third kappa shape index (κ3) is 2.05. The highest BCUT2D eigenvalue weighted by molar-refractivity contribution is 7.21. The molecule has 1 atom stereocenters. The van der Waals surface area contributed by atoms with Crippen LogP contribution in [0.25, 0.3) is 26.9 Å². The van der Waals surface area contributed by atoms with E-state index < -0.39 is 0 Å². The van der Waals surface area contributed by atoms with Gasteiger partial charge in [-0.05, 0) is 47.7 Å². The third-order valence-corrected chi connectivity index (χ3v) is 5.11. The summed E-state index contributed by atoms with van der Waals surface area (Å²) in [5.41, 5.74) is 4.23. The van der Waals surface area contributed by atoms with Crippen molar-refractivity contribution in [3.05, 3.63) is 53.6 Å². The number of benzene rings is 2. The van der Waals surface area contributed by atoms with Crippen LogP contribution in [0.2, 0.25) is 0 Å². The summed E-state index contributed by atoms with van der Waals surface area (Å²) in [4.78, 5) is 4.65. The molecule has 3 aromatic rings. The molecule has 1 unspecified atom stereocenters. The number of hydrogen-bond acceptors (Lipinski definition) is 3. The van der Waals surface area contributed by atoms with Crippen LogP contribution in [0.4, 0.5) is 0 Å². The normalized spacial score (nSPS) is 17.1. The minimum Gasteiger partial charge on any atom is -0.507 e. The summed E-state index contributed by atoms with van der Waals surface area (Å²) in [6, 6.07) is 12.0. The first-order valence-electron chi connectivity index (χ1n) is 7.12. The lowest BCUT2D eigenvalue weighted by atomic mass is 9.87. The summed E-state index contributed by atoms with van der Waals surface area (Å²) < 4.78 is 1.15. The van der Waals surface area contributed by atoms with E-state index in [9.17, 15) is 5.11 Å². The summed E-state index contributed by atoms with van der Waals surface area (Å²) >= 11 is 1.62. The molecule has 2 nitrogen and oxygen atoms in total. The maximum atomic E-state index is 10.4. The Morgan fingerprint density at radius 3 is 2.95 bits per heavy atom. The number of phenols is 1. The molecule has 1 aliphatic rings. The zero-order valence-corrected chi connectivity index (χ0v) is 12.5. The van der Waals surface area contributed by atoms with Gasteiger partial charge < -0.3 is 5.11 Å². The molecule has 1 aliphatic carbocycles. The Labute approximate surface area is 127 Å². The number of para-hydroxylation sites is 1. The van der Waals surface area contributed by atoms with E-state index in [1.165, 1.54) is 11.1 Å². The second-order valence-corrected chi connectivity index (χ2v) is 6.55. The van der Waals surface area contributed by atoms with Crippen LogP contribution in [0.5, 0.6) is 5.75 Å². The van der Waals surface area contributed by atoms with Crippen LogP contribution in [-0.4, -0.2) is 10.1 Å². The summed E-state index contributed by atoms with van der Waals surface area (Å²) in [6.07, 6.45) is 5.38. The highest BCUT2D eigenvalue weighted by Crippen LogP contribution is 2.40. The van der Waals surface area contributed by atoms with Crippen molar-refractivity contribution >= 4 is 27.6 Å². The Morgan fingerprint density at radius 1 is 1.24 bits per heavy atom. The van der Waals surface area contributed by atoms with Crippen LogP contribution >= 0.6 is 11.3 Å². The first kappa shape index (κ1) is 12.6. The van der Waals surface area contributed by atoms with Crippen molar-refractivity contribution < 1.29 is 5.11 Å². The van der Waals surface area contributed by atoms with Crippen molar-refractivity contribution in [2.24, 2.45) is 0 Å². The molecule has 1 N–H and O–H groups in total. The van der Waals surface area contributed by atoms with E-state index in [1.54, 1.807) is 11.3 Å². The second-order valence-electron chi connectivity index (χ2n) is 5.52. The van der Waals surface area contributed by atoms with E-state index in [-0.39, 0.29) is 0 Å². The molecule has 0 spiro atoms. The molecule has 0 saturated heterocycles. The van der Waals surface area contributed by atoms with Gasteiger partial charge in [-0.15, -0.1) is 11.3 Å².